The first-order valence-corrected chi connectivity index (χ1v) is 12.3. The average Bonchev–Trinajstić information content (AvgIpc) is 3.15. The summed E-state index contributed by atoms with van der Waals surface area (Å²) in [4.78, 5) is 17.4. The number of hydrogen-bond donors (Lipinski definition) is 1. The highest BCUT2D eigenvalue weighted by Crippen LogP contribution is 2.33. The Morgan fingerprint density at radius 1 is 1.12 bits per heavy atom. The highest BCUT2D eigenvalue weighted by Gasteiger charge is 2.34. The molecule has 1 aromatic heterocycles. The second-order valence-electron chi connectivity index (χ2n) is 7.54. The first kappa shape index (κ1) is 22.5. The topological polar surface area (TPSA) is 79.4 Å². The third kappa shape index (κ3) is 4.57. The van der Waals surface area contributed by atoms with Gasteiger partial charge in [0.05, 0.1) is 10.6 Å². The Balaban J connectivity index is 1.41. The fraction of sp³-hybridized carbons (Fsp3) is 0.273. The van der Waals surface area contributed by atoms with E-state index in [1.807, 2.05) is 37.3 Å². The van der Waals surface area contributed by atoms with Crippen LogP contribution in [-0.4, -0.2) is 36.7 Å². The Kier molecular flexibility index (Phi) is 6.36. The van der Waals surface area contributed by atoms with Crippen LogP contribution >= 0.6 is 11.3 Å². The standard InChI is InChI=1S/C22H21F2N3O3S2/c1-14-20(15-5-3-2-4-6-15)31-22(25-14)26-21(28)16-9-11-27(12-10-16)32(29,30)19-13-17(23)7-8-18(19)24/h2-8,13,16H,9-12H2,1H3,(H,25,26,28). The zero-order chi connectivity index (χ0) is 22.9. The van der Waals surface area contributed by atoms with Crippen molar-refractivity contribution < 1.29 is 22.0 Å². The molecule has 1 N–H and O–H groups in total. The van der Waals surface area contributed by atoms with Gasteiger partial charge >= 0.3 is 0 Å². The highest BCUT2D eigenvalue weighted by molar-refractivity contribution is 7.89. The molecule has 1 aliphatic rings. The van der Waals surface area contributed by atoms with E-state index in [9.17, 15) is 22.0 Å². The van der Waals surface area contributed by atoms with E-state index in [0.29, 0.717) is 11.2 Å². The quantitative estimate of drug-likeness (QED) is 0.589. The smallest absolute Gasteiger partial charge is 0.246 e. The molecule has 3 aromatic rings. The summed E-state index contributed by atoms with van der Waals surface area (Å²) in [6.07, 6.45) is 0.551. The van der Waals surface area contributed by atoms with Crippen LogP contribution in [0, 0.1) is 24.5 Å². The van der Waals surface area contributed by atoms with E-state index in [1.165, 1.54) is 11.3 Å². The van der Waals surface area contributed by atoms with Gasteiger partial charge in [-0.1, -0.05) is 41.7 Å². The summed E-state index contributed by atoms with van der Waals surface area (Å²) in [6, 6.07) is 12.1. The Morgan fingerprint density at radius 3 is 2.50 bits per heavy atom. The van der Waals surface area contributed by atoms with Crippen LogP contribution in [0.25, 0.3) is 10.4 Å². The number of sulfonamides is 1. The number of rotatable bonds is 5. The van der Waals surface area contributed by atoms with Crippen LogP contribution in [-0.2, 0) is 14.8 Å². The number of aromatic nitrogens is 1. The summed E-state index contributed by atoms with van der Waals surface area (Å²) in [5, 5.41) is 3.32. The molecule has 2 heterocycles. The normalized spacial score (nSPS) is 15.6. The third-order valence-corrected chi connectivity index (χ3v) is 8.43. The van der Waals surface area contributed by atoms with Crippen molar-refractivity contribution in [3.8, 4) is 10.4 Å². The van der Waals surface area contributed by atoms with E-state index in [4.69, 9.17) is 0 Å². The number of amides is 1. The minimum atomic E-state index is -4.18. The van der Waals surface area contributed by atoms with Crippen LogP contribution in [0.2, 0.25) is 0 Å². The minimum absolute atomic E-state index is 0.0442. The predicted molar refractivity (Wildman–Crippen MR) is 119 cm³/mol. The van der Waals surface area contributed by atoms with Gasteiger partial charge in [0.15, 0.2) is 5.13 Å². The SMILES string of the molecule is Cc1nc(NC(=O)C2CCN(S(=O)(=O)c3cc(F)ccc3F)CC2)sc1-c1ccccc1. The number of carbonyl (C=O) groups is 1. The van der Waals surface area contributed by atoms with Crippen molar-refractivity contribution in [2.75, 3.05) is 18.4 Å². The lowest BCUT2D eigenvalue weighted by molar-refractivity contribution is -0.120. The van der Waals surface area contributed by atoms with Crippen molar-refractivity contribution in [1.82, 2.24) is 9.29 Å². The predicted octanol–water partition coefficient (Wildman–Crippen LogP) is 4.44. The van der Waals surface area contributed by atoms with E-state index in [2.05, 4.69) is 10.3 Å². The number of benzene rings is 2. The lowest BCUT2D eigenvalue weighted by Crippen LogP contribution is -2.41. The monoisotopic (exact) mass is 477 g/mol. The van der Waals surface area contributed by atoms with E-state index in [1.54, 1.807) is 0 Å². The van der Waals surface area contributed by atoms with Gasteiger partial charge in [-0.2, -0.15) is 4.31 Å². The minimum Gasteiger partial charge on any atom is -0.302 e. The van der Waals surface area contributed by atoms with Gasteiger partial charge in [-0.25, -0.2) is 22.2 Å². The Hall–Kier alpha value is -2.69. The maximum atomic E-state index is 14.0. The van der Waals surface area contributed by atoms with Crippen LogP contribution in [0.1, 0.15) is 18.5 Å². The highest BCUT2D eigenvalue weighted by atomic mass is 32.2. The summed E-state index contributed by atoms with van der Waals surface area (Å²) >= 11 is 1.38. The first-order valence-electron chi connectivity index (χ1n) is 10.0. The molecule has 1 fully saturated rings. The molecule has 0 saturated carbocycles. The van der Waals surface area contributed by atoms with Gasteiger partial charge in [0.2, 0.25) is 15.9 Å². The van der Waals surface area contributed by atoms with Gasteiger partial charge in [0.25, 0.3) is 0 Å². The Labute approximate surface area is 189 Å². The van der Waals surface area contributed by atoms with Crippen LogP contribution in [0.3, 0.4) is 0 Å². The zero-order valence-electron chi connectivity index (χ0n) is 17.2. The number of halogens is 2. The van der Waals surface area contributed by atoms with E-state index in [0.717, 1.165) is 32.6 Å². The van der Waals surface area contributed by atoms with Gasteiger partial charge in [0.1, 0.15) is 16.5 Å². The number of hydrogen-bond acceptors (Lipinski definition) is 5. The average molecular weight is 478 g/mol. The molecule has 2 aromatic carbocycles. The fourth-order valence-electron chi connectivity index (χ4n) is 3.69. The first-order chi connectivity index (χ1) is 15.3. The van der Waals surface area contributed by atoms with Gasteiger partial charge in [0, 0.05) is 19.0 Å². The van der Waals surface area contributed by atoms with Crippen molar-refractivity contribution >= 4 is 32.4 Å². The maximum Gasteiger partial charge on any atom is 0.246 e. The maximum absolute atomic E-state index is 14.0. The Morgan fingerprint density at radius 2 is 1.81 bits per heavy atom. The van der Waals surface area contributed by atoms with Crippen molar-refractivity contribution in [2.24, 2.45) is 5.92 Å². The number of aryl methyl sites for hydroxylation is 1. The molecule has 6 nitrogen and oxygen atoms in total. The number of anilines is 1. The lowest BCUT2D eigenvalue weighted by atomic mass is 9.97. The molecule has 0 bridgehead atoms. The number of nitrogens with one attached hydrogen (secondary N) is 1. The molecule has 0 radical (unpaired) electrons. The molecule has 1 amide bonds. The lowest BCUT2D eigenvalue weighted by Gasteiger charge is -2.30. The van der Waals surface area contributed by atoms with Crippen molar-refractivity contribution in [3.63, 3.8) is 0 Å². The molecule has 4 rings (SSSR count). The molecule has 1 saturated heterocycles. The second-order valence-corrected chi connectivity index (χ2v) is 10.4. The number of thiazole rings is 1. The molecule has 0 atom stereocenters. The van der Waals surface area contributed by atoms with Crippen molar-refractivity contribution in [3.05, 3.63) is 65.9 Å². The summed E-state index contributed by atoms with van der Waals surface area (Å²) in [7, 11) is -4.18. The van der Waals surface area contributed by atoms with Crippen LogP contribution < -0.4 is 5.32 Å². The van der Waals surface area contributed by atoms with Gasteiger partial charge in [-0.05, 0) is 43.5 Å². The molecule has 0 aliphatic carbocycles. The van der Waals surface area contributed by atoms with E-state index < -0.39 is 32.5 Å². The molecule has 0 spiro atoms. The van der Waals surface area contributed by atoms with Crippen molar-refractivity contribution in [1.29, 1.82) is 0 Å². The van der Waals surface area contributed by atoms with Gasteiger partial charge in [-0.15, -0.1) is 0 Å². The fourth-order valence-corrected chi connectivity index (χ4v) is 6.21. The number of piperidine rings is 1. The summed E-state index contributed by atoms with van der Waals surface area (Å²) in [5.74, 6) is -2.46. The van der Waals surface area contributed by atoms with Crippen LogP contribution in [0.4, 0.5) is 13.9 Å². The Bertz CT molecular complexity index is 1240. The zero-order valence-corrected chi connectivity index (χ0v) is 18.8. The molecule has 1 aliphatic heterocycles. The summed E-state index contributed by atoms with van der Waals surface area (Å²) < 4.78 is 54.0. The van der Waals surface area contributed by atoms with Gasteiger partial charge in [-0.3, -0.25) is 4.79 Å². The molecule has 32 heavy (non-hydrogen) atoms. The van der Waals surface area contributed by atoms with Crippen LogP contribution in [0.15, 0.2) is 53.4 Å². The number of carbonyl (C=O) groups excluding carboxylic acids is 1. The molecule has 0 unspecified atom stereocenters. The van der Waals surface area contributed by atoms with E-state index in [-0.39, 0.29) is 31.8 Å². The second kappa shape index (κ2) is 9.05. The largest absolute Gasteiger partial charge is 0.302 e. The molecular formula is C22H21F2N3O3S2. The molecule has 168 valence electrons. The summed E-state index contributed by atoms with van der Waals surface area (Å²) in [5.41, 5.74) is 1.83. The number of nitrogens with zero attached hydrogens (tertiary/aromatic N) is 2. The van der Waals surface area contributed by atoms with Crippen LogP contribution in [0.5, 0.6) is 0 Å². The van der Waals surface area contributed by atoms with E-state index >= 15 is 0 Å². The van der Waals surface area contributed by atoms with Crippen molar-refractivity contribution in [2.45, 2.75) is 24.7 Å². The van der Waals surface area contributed by atoms with Gasteiger partial charge < -0.3 is 5.32 Å². The molecular weight excluding hydrogens is 456 g/mol. The summed E-state index contributed by atoms with van der Waals surface area (Å²) in [6.45, 7) is 1.97. The third-order valence-electron chi connectivity index (χ3n) is 5.40. The molecule has 10 heteroatoms.